The van der Waals surface area contributed by atoms with Crippen LogP contribution in [0.15, 0.2) is 30.6 Å². The van der Waals surface area contributed by atoms with E-state index in [1.165, 1.54) is 30.9 Å². The fourth-order valence-electron chi connectivity index (χ4n) is 2.14. The van der Waals surface area contributed by atoms with E-state index in [4.69, 9.17) is 10.5 Å². The van der Waals surface area contributed by atoms with E-state index in [0.717, 1.165) is 13.1 Å². The van der Waals surface area contributed by atoms with Crippen LogP contribution >= 0.6 is 0 Å². The van der Waals surface area contributed by atoms with E-state index in [-0.39, 0.29) is 11.7 Å². The van der Waals surface area contributed by atoms with Crippen LogP contribution in [0.2, 0.25) is 0 Å². The molecule has 1 aliphatic rings. The van der Waals surface area contributed by atoms with Gasteiger partial charge in [0, 0.05) is 20.1 Å². The third kappa shape index (κ3) is 4.31. The first-order valence-electron chi connectivity index (χ1n) is 7.47. The number of aromatic nitrogens is 3. The third-order valence-corrected chi connectivity index (χ3v) is 3.41. The van der Waals surface area contributed by atoms with Crippen LogP contribution < -0.4 is 5.32 Å². The van der Waals surface area contributed by atoms with Gasteiger partial charge in [-0.3, -0.25) is 4.79 Å². The minimum atomic E-state index is -0.347. The molecule has 1 aromatic heterocycles. The highest BCUT2D eigenvalue weighted by atomic mass is 16.2. The average molecular weight is 323 g/mol. The second kappa shape index (κ2) is 8.30. The van der Waals surface area contributed by atoms with Gasteiger partial charge < -0.3 is 10.2 Å². The van der Waals surface area contributed by atoms with Gasteiger partial charge in [0.15, 0.2) is 6.19 Å². The number of likely N-dealkylation sites (tertiary alicyclic amines) is 1. The maximum atomic E-state index is 11.3. The Morgan fingerprint density at radius 2 is 2.04 bits per heavy atom. The zero-order valence-electron chi connectivity index (χ0n) is 13.3. The van der Waals surface area contributed by atoms with Crippen molar-refractivity contribution in [1.82, 2.24) is 25.0 Å². The Balaban J connectivity index is 0.000000249. The SMILES string of the molecule is CNC(=O)c1ncn(-c2cccc(C#N)c2)n1.N#CN1CCCC1. The molecule has 2 heterocycles. The Morgan fingerprint density at radius 1 is 1.29 bits per heavy atom. The summed E-state index contributed by atoms with van der Waals surface area (Å²) in [5.74, 6) is -0.255. The standard InChI is InChI=1S/C11H9N5O.C5H8N2/c1-13-11(17)10-14-7-16(15-10)9-4-2-3-8(5-9)6-12;6-5-7-3-1-2-4-7/h2-5,7H,1H3,(H,13,17);1-4H2. The van der Waals surface area contributed by atoms with E-state index >= 15 is 0 Å². The highest BCUT2D eigenvalue weighted by molar-refractivity contribution is 5.89. The Bertz CT molecular complexity index is 778. The van der Waals surface area contributed by atoms with Crippen molar-refractivity contribution in [2.24, 2.45) is 0 Å². The Hall–Kier alpha value is -3.39. The van der Waals surface area contributed by atoms with Crippen LogP contribution in [-0.2, 0) is 0 Å². The van der Waals surface area contributed by atoms with Gasteiger partial charge in [-0.05, 0) is 31.0 Å². The van der Waals surface area contributed by atoms with Crippen molar-refractivity contribution in [3.05, 3.63) is 42.0 Å². The molecule has 8 heteroatoms. The van der Waals surface area contributed by atoms with Gasteiger partial charge >= 0.3 is 0 Å². The van der Waals surface area contributed by atoms with E-state index in [1.54, 1.807) is 29.2 Å². The van der Waals surface area contributed by atoms with Gasteiger partial charge in [-0.15, -0.1) is 5.10 Å². The molecule has 0 bridgehead atoms. The molecule has 2 aromatic rings. The van der Waals surface area contributed by atoms with Crippen molar-refractivity contribution in [2.45, 2.75) is 12.8 Å². The summed E-state index contributed by atoms with van der Waals surface area (Å²) >= 11 is 0. The monoisotopic (exact) mass is 323 g/mol. The first-order chi connectivity index (χ1) is 11.7. The summed E-state index contributed by atoms with van der Waals surface area (Å²) in [4.78, 5) is 16.9. The number of nitrogens with one attached hydrogen (secondary N) is 1. The van der Waals surface area contributed by atoms with E-state index in [9.17, 15) is 4.79 Å². The average Bonchev–Trinajstić information content (AvgIpc) is 3.33. The number of hydrogen-bond acceptors (Lipinski definition) is 6. The molecule has 1 aliphatic heterocycles. The number of carbonyl (C=O) groups is 1. The smallest absolute Gasteiger partial charge is 0.290 e. The van der Waals surface area contributed by atoms with Gasteiger partial charge in [-0.25, -0.2) is 9.67 Å². The first-order valence-corrected chi connectivity index (χ1v) is 7.47. The van der Waals surface area contributed by atoms with Crippen molar-refractivity contribution >= 4 is 5.91 Å². The summed E-state index contributed by atoms with van der Waals surface area (Å²) < 4.78 is 1.45. The minimum absolute atomic E-state index is 0.0925. The summed E-state index contributed by atoms with van der Waals surface area (Å²) in [6.45, 7) is 1.97. The molecule has 0 unspecified atom stereocenters. The highest BCUT2D eigenvalue weighted by Gasteiger charge is 2.10. The maximum Gasteiger partial charge on any atom is 0.290 e. The lowest BCUT2D eigenvalue weighted by Crippen LogP contribution is -2.19. The maximum absolute atomic E-state index is 11.3. The minimum Gasteiger partial charge on any atom is -0.352 e. The van der Waals surface area contributed by atoms with Crippen LogP contribution in [0, 0.1) is 22.8 Å². The number of nitriles is 2. The zero-order chi connectivity index (χ0) is 17.4. The van der Waals surface area contributed by atoms with Crippen molar-refractivity contribution in [2.75, 3.05) is 20.1 Å². The number of hydrogen-bond donors (Lipinski definition) is 1. The number of nitrogens with zero attached hydrogens (tertiary/aromatic N) is 6. The number of carbonyl (C=O) groups excluding carboxylic acids is 1. The predicted molar refractivity (Wildman–Crippen MR) is 85.9 cm³/mol. The molecular weight excluding hydrogens is 306 g/mol. The van der Waals surface area contributed by atoms with Crippen LogP contribution in [-0.4, -0.2) is 45.7 Å². The van der Waals surface area contributed by atoms with E-state index in [2.05, 4.69) is 21.6 Å². The molecule has 0 spiro atoms. The predicted octanol–water partition coefficient (Wildman–Crippen LogP) is 1.06. The number of rotatable bonds is 2. The molecule has 122 valence electrons. The van der Waals surface area contributed by atoms with Gasteiger partial charge in [0.1, 0.15) is 6.33 Å². The molecule has 0 radical (unpaired) electrons. The molecular formula is C16H17N7O. The Labute approximate surface area is 139 Å². The van der Waals surface area contributed by atoms with Crippen molar-refractivity contribution in [1.29, 1.82) is 10.5 Å². The summed E-state index contributed by atoms with van der Waals surface area (Å²) in [5.41, 5.74) is 1.21. The van der Waals surface area contributed by atoms with E-state index in [0.29, 0.717) is 11.3 Å². The second-order valence-electron chi connectivity index (χ2n) is 5.05. The van der Waals surface area contributed by atoms with E-state index in [1.807, 2.05) is 6.07 Å². The molecule has 0 atom stereocenters. The molecule has 3 rings (SSSR count). The molecule has 1 amide bonds. The van der Waals surface area contributed by atoms with Crippen LogP contribution in [0.4, 0.5) is 0 Å². The lowest BCUT2D eigenvalue weighted by atomic mass is 10.2. The molecule has 0 saturated carbocycles. The number of benzene rings is 1. The van der Waals surface area contributed by atoms with Gasteiger partial charge in [-0.1, -0.05) is 6.07 Å². The fourth-order valence-corrected chi connectivity index (χ4v) is 2.14. The fraction of sp³-hybridized carbons (Fsp3) is 0.312. The highest BCUT2D eigenvalue weighted by Crippen LogP contribution is 2.08. The van der Waals surface area contributed by atoms with Crippen molar-refractivity contribution in [3.8, 4) is 17.9 Å². The van der Waals surface area contributed by atoms with Crippen LogP contribution in [0.5, 0.6) is 0 Å². The molecule has 1 fully saturated rings. The van der Waals surface area contributed by atoms with Crippen LogP contribution in [0.25, 0.3) is 5.69 Å². The molecule has 1 N–H and O–H groups in total. The quantitative estimate of drug-likeness (QED) is 0.827. The van der Waals surface area contributed by atoms with Crippen LogP contribution in [0.3, 0.4) is 0 Å². The lowest BCUT2D eigenvalue weighted by Gasteiger charge is -2.00. The second-order valence-corrected chi connectivity index (χ2v) is 5.05. The van der Waals surface area contributed by atoms with E-state index < -0.39 is 0 Å². The van der Waals surface area contributed by atoms with Crippen molar-refractivity contribution < 1.29 is 4.79 Å². The summed E-state index contributed by atoms with van der Waals surface area (Å²) in [6, 6.07) is 8.93. The molecule has 1 aromatic carbocycles. The lowest BCUT2D eigenvalue weighted by molar-refractivity contribution is 0.0953. The van der Waals surface area contributed by atoms with Gasteiger partial charge in [-0.2, -0.15) is 10.5 Å². The van der Waals surface area contributed by atoms with Gasteiger partial charge in [0.05, 0.1) is 17.3 Å². The van der Waals surface area contributed by atoms with Gasteiger partial charge in [0.2, 0.25) is 5.82 Å². The summed E-state index contributed by atoms with van der Waals surface area (Å²) in [5, 5.41) is 23.5. The molecule has 8 nitrogen and oxygen atoms in total. The van der Waals surface area contributed by atoms with Crippen LogP contribution in [0.1, 0.15) is 29.0 Å². The molecule has 1 saturated heterocycles. The molecule has 24 heavy (non-hydrogen) atoms. The molecule has 0 aliphatic carbocycles. The number of amides is 1. The summed E-state index contributed by atoms with van der Waals surface area (Å²) in [6.07, 6.45) is 5.93. The largest absolute Gasteiger partial charge is 0.352 e. The Morgan fingerprint density at radius 3 is 2.62 bits per heavy atom. The summed E-state index contributed by atoms with van der Waals surface area (Å²) in [7, 11) is 1.51. The third-order valence-electron chi connectivity index (χ3n) is 3.41. The van der Waals surface area contributed by atoms with Gasteiger partial charge in [0.25, 0.3) is 5.91 Å². The zero-order valence-corrected chi connectivity index (χ0v) is 13.3. The normalized spacial score (nSPS) is 12.5. The Kier molecular flexibility index (Phi) is 5.87. The topological polar surface area (TPSA) is 111 Å². The van der Waals surface area contributed by atoms with Crippen molar-refractivity contribution in [3.63, 3.8) is 0 Å². The first kappa shape index (κ1) is 17.0.